The minimum atomic E-state index is -0.241. The largest absolute Gasteiger partial charge is 0.339 e. The van der Waals surface area contributed by atoms with Gasteiger partial charge in [0.25, 0.3) is 5.91 Å². The SMILES string of the molecule is CN(C(=O)c1cc[nH]c(=O)c1)C1CCNCC1. The molecule has 1 fully saturated rings. The molecule has 2 heterocycles. The van der Waals surface area contributed by atoms with Gasteiger partial charge in [0, 0.05) is 30.9 Å². The first kappa shape index (κ1) is 11.9. The van der Waals surface area contributed by atoms with Gasteiger partial charge in [-0.15, -0.1) is 0 Å². The van der Waals surface area contributed by atoms with Crippen LogP contribution < -0.4 is 10.9 Å². The summed E-state index contributed by atoms with van der Waals surface area (Å²) in [4.78, 5) is 27.6. The average Bonchev–Trinajstić information content (AvgIpc) is 2.38. The second-order valence-electron chi connectivity index (χ2n) is 4.34. The van der Waals surface area contributed by atoms with E-state index in [1.165, 1.54) is 12.3 Å². The first-order valence-corrected chi connectivity index (χ1v) is 5.85. The van der Waals surface area contributed by atoms with E-state index in [-0.39, 0.29) is 17.5 Å². The van der Waals surface area contributed by atoms with Crippen LogP contribution in [0.25, 0.3) is 0 Å². The molecule has 1 amide bonds. The van der Waals surface area contributed by atoms with Crippen molar-refractivity contribution >= 4 is 5.91 Å². The number of carbonyl (C=O) groups excluding carboxylic acids is 1. The second-order valence-corrected chi connectivity index (χ2v) is 4.34. The number of nitrogens with one attached hydrogen (secondary N) is 2. The van der Waals surface area contributed by atoms with E-state index in [0.29, 0.717) is 5.56 Å². The van der Waals surface area contributed by atoms with Gasteiger partial charge in [-0.25, -0.2) is 0 Å². The highest BCUT2D eigenvalue weighted by Crippen LogP contribution is 2.12. The van der Waals surface area contributed by atoms with Crippen molar-refractivity contribution in [2.24, 2.45) is 0 Å². The van der Waals surface area contributed by atoms with E-state index in [1.54, 1.807) is 18.0 Å². The van der Waals surface area contributed by atoms with Crippen LogP contribution in [0.2, 0.25) is 0 Å². The van der Waals surface area contributed by atoms with E-state index in [9.17, 15) is 9.59 Å². The van der Waals surface area contributed by atoms with Gasteiger partial charge in [0.05, 0.1) is 0 Å². The molecular weight excluding hydrogens is 218 g/mol. The topological polar surface area (TPSA) is 65.2 Å². The van der Waals surface area contributed by atoms with E-state index in [0.717, 1.165) is 25.9 Å². The van der Waals surface area contributed by atoms with Crippen LogP contribution in [0.5, 0.6) is 0 Å². The van der Waals surface area contributed by atoms with E-state index < -0.39 is 0 Å². The number of nitrogens with zero attached hydrogens (tertiary/aromatic N) is 1. The van der Waals surface area contributed by atoms with Gasteiger partial charge in [-0.05, 0) is 32.0 Å². The average molecular weight is 235 g/mol. The third-order valence-corrected chi connectivity index (χ3v) is 3.20. The number of aromatic nitrogens is 1. The van der Waals surface area contributed by atoms with Crippen molar-refractivity contribution in [2.75, 3.05) is 20.1 Å². The third kappa shape index (κ3) is 2.74. The molecule has 0 spiro atoms. The summed E-state index contributed by atoms with van der Waals surface area (Å²) in [7, 11) is 1.81. The van der Waals surface area contributed by atoms with Crippen molar-refractivity contribution < 1.29 is 4.79 Å². The predicted molar refractivity (Wildman–Crippen MR) is 65.0 cm³/mol. The molecule has 5 heteroatoms. The summed E-state index contributed by atoms with van der Waals surface area (Å²) in [6, 6.07) is 3.25. The van der Waals surface area contributed by atoms with Gasteiger partial charge in [-0.3, -0.25) is 9.59 Å². The molecule has 0 unspecified atom stereocenters. The van der Waals surface area contributed by atoms with Crippen LogP contribution in [0, 0.1) is 0 Å². The Morgan fingerprint density at radius 2 is 2.12 bits per heavy atom. The normalized spacial score (nSPS) is 16.8. The zero-order chi connectivity index (χ0) is 12.3. The number of pyridine rings is 1. The van der Waals surface area contributed by atoms with Crippen molar-refractivity contribution in [3.05, 3.63) is 34.2 Å². The minimum absolute atomic E-state index is 0.0806. The van der Waals surface area contributed by atoms with Crippen LogP contribution in [0.3, 0.4) is 0 Å². The zero-order valence-corrected chi connectivity index (χ0v) is 9.90. The number of H-pyrrole nitrogens is 1. The summed E-state index contributed by atoms with van der Waals surface area (Å²) in [6.07, 6.45) is 3.43. The molecule has 0 aliphatic carbocycles. The van der Waals surface area contributed by atoms with Crippen LogP contribution in [0.15, 0.2) is 23.1 Å². The summed E-state index contributed by atoms with van der Waals surface area (Å²) in [6.45, 7) is 1.88. The van der Waals surface area contributed by atoms with Crippen LogP contribution in [0.1, 0.15) is 23.2 Å². The van der Waals surface area contributed by atoms with Gasteiger partial charge < -0.3 is 15.2 Å². The molecule has 0 bridgehead atoms. The molecule has 2 rings (SSSR count). The highest BCUT2D eigenvalue weighted by atomic mass is 16.2. The van der Waals surface area contributed by atoms with E-state index in [4.69, 9.17) is 0 Å². The molecule has 1 saturated heterocycles. The van der Waals surface area contributed by atoms with Gasteiger partial charge >= 0.3 is 0 Å². The number of amides is 1. The fourth-order valence-corrected chi connectivity index (χ4v) is 2.14. The highest BCUT2D eigenvalue weighted by Gasteiger charge is 2.22. The molecule has 17 heavy (non-hydrogen) atoms. The third-order valence-electron chi connectivity index (χ3n) is 3.20. The molecule has 0 saturated carbocycles. The van der Waals surface area contributed by atoms with Crippen molar-refractivity contribution in [1.29, 1.82) is 0 Å². The lowest BCUT2D eigenvalue weighted by molar-refractivity contribution is 0.0703. The Morgan fingerprint density at radius 3 is 2.76 bits per heavy atom. The van der Waals surface area contributed by atoms with Crippen LogP contribution in [-0.4, -0.2) is 42.0 Å². The smallest absolute Gasteiger partial charge is 0.254 e. The lowest BCUT2D eigenvalue weighted by Crippen LogP contribution is -2.44. The van der Waals surface area contributed by atoms with Crippen LogP contribution in [0.4, 0.5) is 0 Å². The van der Waals surface area contributed by atoms with E-state index in [2.05, 4.69) is 10.3 Å². The first-order valence-electron chi connectivity index (χ1n) is 5.85. The molecule has 1 aromatic rings. The molecule has 92 valence electrons. The number of hydrogen-bond acceptors (Lipinski definition) is 3. The number of hydrogen-bond donors (Lipinski definition) is 2. The Bertz CT molecular complexity index is 449. The molecule has 1 aliphatic heterocycles. The van der Waals surface area contributed by atoms with Crippen molar-refractivity contribution in [3.63, 3.8) is 0 Å². The quantitative estimate of drug-likeness (QED) is 0.769. The summed E-state index contributed by atoms with van der Waals surface area (Å²) in [5, 5.41) is 3.26. The summed E-state index contributed by atoms with van der Waals surface area (Å²) >= 11 is 0. The summed E-state index contributed by atoms with van der Waals surface area (Å²) < 4.78 is 0. The van der Waals surface area contributed by atoms with Crippen LogP contribution >= 0.6 is 0 Å². The Hall–Kier alpha value is -1.62. The second kappa shape index (κ2) is 5.14. The zero-order valence-electron chi connectivity index (χ0n) is 9.90. The number of rotatable bonds is 2. The van der Waals surface area contributed by atoms with Gasteiger partial charge in [0.15, 0.2) is 0 Å². The Balaban J connectivity index is 2.11. The summed E-state index contributed by atoms with van der Waals surface area (Å²) in [5.74, 6) is -0.0806. The Morgan fingerprint density at radius 1 is 1.41 bits per heavy atom. The standard InChI is InChI=1S/C12H17N3O2/c1-15(10-3-5-13-6-4-10)12(17)9-2-7-14-11(16)8-9/h2,7-8,10,13H,3-6H2,1H3,(H,14,16). The van der Waals surface area contributed by atoms with Gasteiger partial charge in [0.1, 0.15) is 0 Å². The molecule has 5 nitrogen and oxygen atoms in total. The highest BCUT2D eigenvalue weighted by molar-refractivity contribution is 5.94. The van der Waals surface area contributed by atoms with Crippen LogP contribution in [-0.2, 0) is 0 Å². The molecule has 1 aliphatic rings. The molecule has 0 radical (unpaired) electrons. The van der Waals surface area contributed by atoms with Crippen molar-refractivity contribution in [1.82, 2.24) is 15.2 Å². The first-order chi connectivity index (χ1) is 8.18. The maximum atomic E-state index is 12.1. The van der Waals surface area contributed by atoms with Gasteiger partial charge in [-0.1, -0.05) is 0 Å². The molecule has 0 aromatic carbocycles. The summed E-state index contributed by atoms with van der Waals surface area (Å²) in [5.41, 5.74) is 0.212. The molecule has 1 aromatic heterocycles. The minimum Gasteiger partial charge on any atom is -0.339 e. The number of carbonyl (C=O) groups is 1. The predicted octanol–water partition coefficient (Wildman–Crippen LogP) is 0.199. The van der Waals surface area contributed by atoms with E-state index >= 15 is 0 Å². The van der Waals surface area contributed by atoms with Gasteiger partial charge in [0.2, 0.25) is 5.56 Å². The number of aromatic amines is 1. The van der Waals surface area contributed by atoms with Crippen molar-refractivity contribution in [3.8, 4) is 0 Å². The molecule has 2 N–H and O–H groups in total. The van der Waals surface area contributed by atoms with Crippen molar-refractivity contribution in [2.45, 2.75) is 18.9 Å². The molecular formula is C12H17N3O2. The lowest BCUT2D eigenvalue weighted by Gasteiger charge is -2.31. The monoisotopic (exact) mass is 235 g/mol. The fraction of sp³-hybridized carbons (Fsp3) is 0.500. The van der Waals surface area contributed by atoms with Gasteiger partial charge in [-0.2, -0.15) is 0 Å². The number of piperidine rings is 1. The lowest BCUT2D eigenvalue weighted by atomic mass is 10.0. The van der Waals surface area contributed by atoms with E-state index in [1.807, 2.05) is 0 Å². The fourth-order valence-electron chi connectivity index (χ4n) is 2.14. The molecule has 0 atom stereocenters. The Kier molecular flexibility index (Phi) is 3.58. The maximum absolute atomic E-state index is 12.1. The maximum Gasteiger partial charge on any atom is 0.254 e. The Labute approximate surface area is 99.8 Å².